The first-order valence-electron chi connectivity index (χ1n) is 27.8. The number of pyridine rings is 1. The molecule has 0 amide bonds. The van der Waals surface area contributed by atoms with Gasteiger partial charge in [0.05, 0.1) is 33.6 Å². The van der Waals surface area contributed by atoms with E-state index in [1.54, 1.807) is 16.8 Å². The number of fused-ring (bicyclic) bond motifs is 6. The summed E-state index contributed by atoms with van der Waals surface area (Å²) in [5.41, 5.74) is 12.6. The maximum absolute atomic E-state index is 9.57. The lowest BCUT2D eigenvalue weighted by molar-refractivity contribution is 0.456. The van der Waals surface area contributed by atoms with Crippen molar-refractivity contribution in [3.05, 3.63) is 205 Å². The number of anilines is 4. The normalized spacial score (nSPS) is 14.7. The molecule has 0 saturated heterocycles. The molecule has 15 rings (SSSR count). The van der Waals surface area contributed by atoms with Gasteiger partial charge in [-0.2, -0.15) is 0 Å². The van der Waals surface area contributed by atoms with Crippen LogP contribution in [0.5, 0.6) is 23.0 Å². The molecule has 72 heavy (non-hydrogen) atoms. The molecule has 0 unspecified atom stereocenters. The quantitative estimate of drug-likeness (QED) is 0.177. The molecule has 10 aromatic rings. The molecule has 5 aliphatic rings. The second kappa shape index (κ2) is 17.3. The van der Waals surface area contributed by atoms with Gasteiger partial charge in [-0.25, -0.2) is 4.98 Å². The van der Waals surface area contributed by atoms with Crippen LogP contribution < -0.4 is 19.3 Å². The summed E-state index contributed by atoms with van der Waals surface area (Å²) in [5.74, 6) is 2.24. The van der Waals surface area contributed by atoms with Crippen LogP contribution >= 0.6 is 0 Å². The zero-order chi connectivity index (χ0) is 54.7. The molecule has 7 heterocycles. The van der Waals surface area contributed by atoms with E-state index in [4.69, 9.17) is 17.2 Å². The van der Waals surface area contributed by atoms with Crippen molar-refractivity contribution >= 4 is 44.6 Å². The van der Waals surface area contributed by atoms with Crippen LogP contribution in [0.3, 0.4) is 0 Å². The van der Waals surface area contributed by atoms with Crippen LogP contribution in [0.4, 0.5) is 22.7 Å². The van der Waals surface area contributed by atoms with Crippen molar-refractivity contribution in [2.75, 3.05) is 16.5 Å². The van der Waals surface area contributed by atoms with Crippen LogP contribution in [0.1, 0.15) is 80.3 Å². The molecule has 2 aromatic heterocycles. The van der Waals surface area contributed by atoms with E-state index >= 15 is 0 Å². The first-order valence-corrected chi connectivity index (χ1v) is 24.8. The molecule has 5 aliphatic heterocycles. The van der Waals surface area contributed by atoms with E-state index in [-0.39, 0.29) is 40.5 Å². The van der Waals surface area contributed by atoms with Crippen LogP contribution in [0.2, 0.25) is 0 Å². The van der Waals surface area contributed by atoms with Gasteiger partial charge < -0.3 is 19.3 Å². The van der Waals surface area contributed by atoms with E-state index < -0.39 is 12.3 Å². The van der Waals surface area contributed by atoms with Gasteiger partial charge in [0.15, 0.2) is 0 Å². The Bertz CT molecular complexity index is 4030. The number of para-hydroxylation sites is 3. The van der Waals surface area contributed by atoms with Gasteiger partial charge in [0, 0.05) is 59.8 Å². The van der Waals surface area contributed by atoms with Crippen molar-refractivity contribution in [3.63, 3.8) is 0 Å². The highest BCUT2D eigenvalue weighted by atomic mass is 16.5. The van der Waals surface area contributed by atoms with Gasteiger partial charge in [0.1, 0.15) is 35.5 Å². The monoisotopic (exact) mass is 947 g/mol. The highest BCUT2D eigenvalue weighted by Gasteiger charge is 2.34. The molecule has 8 aromatic carbocycles. The largest absolute Gasteiger partial charge is 0.457 e. The van der Waals surface area contributed by atoms with Gasteiger partial charge in [0.2, 0.25) is 0 Å². The number of benzene rings is 8. The number of rotatable bonds is 3. The van der Waals surface area contributed by atoms with E-state index in [9.17, 15) is 5.48 Å². The lowest BCUT2D eigenvalue weighted by Crippen LogP contribution is -2.25. The minimum absolute atomic E-state index is 0.172. The van der Waals surface area contributed by atoms with Crippen LogP contribution in [-0.4, -0.2) is 16.2 Å². The third-order valence-electron chi connectivity index (χ3n) is 13.9. The maximum Gasteiger partial charge on any atom is 0.137 e. The van der Waals surface area contributed by atoms with Crippen LogP contribution in [0.15, 0.2) is 188 Å². The molecule has 0 atom stereocenters. The maximum atomic E-state index is 9.57. The standard InChI is InChI=1S/C66H60N4O2/c1-42(2)34-46-35-63-67-40-56(46)45-24-29-50(30-25-45)71-49-27-22-44(23-28-49)55-37-47(65(3,4)5)36-54(43-16-10-9-11-17-43)64(55)69-41-68(59-20-14-15-21-60(59)69)48-26-33-57(66(6,7)8)62(38-48)72-51-31-32-53-52-18-12-13-19-58(52)70(63)61(53)39-51/h9-33,35-40,42H,34,41H2,1-8H3/i12D,13D,18D,19D,34D2. The van der Waals surface area contributed by atoms with E-state index in [0.29, 0.717) is 62.9 Å². The topological polar surface area (TPSA) is 42.8 Å². The van der Waals surface area contributed by atoms with Gasteiger partial charge in [-0.3, -0.25) is 4.57 Å². The Morgan fingerprint density at radius 3 is 1.88 bits per heavy atom. The summed E-state index contributed by atoms with van der Waals surface area (Å²) < 4.78 is 70.8. The lowest BCUT2D eigenvalue weighted by Gasteiger charge is -2.30. The average Bonchev–Trinajstić information content (AvgIpc) is 4.07. The number of aromatic nitrogens is 2. The molecule has 12 bridgehead atoms. The molecular formula is C66H60N4O2. The van der Waals surface area contributed by atoms with Crippen molar-refractivity contribution in [2.45, 2.75) is 72.6 Å². The van der Waals surface area contributed by atoms with Gasteiger partial charge in [0.25, 0.3) is 0 Å². The summed E-state index contributed by atoms with van der Waals surface area (Å²) >= 11 is 0. The van der Waals surface area contributed by atoms with Crippen molar-refractivity contribution < 1.29 is 17.7 Å². The van der Waals surface area contributed by atoms with E-state index in [1.807, 2.05) is 68.4 Å². The number of nitrogens with zero attached hydrogens (tertiary/aromatic N) is 4. The summed E-state index contributed by atoms with van der Waals surface area (Å²) in [6, 6.07) is 52.4. The third kappa shape index (κ3) is 8.05. The van der Waals surface area contributed by atoms with E-state index in [1.165, 1.54) is 5.56 Å². The third-order valence-corrected chi connectivity index (χ3v) is 13.9. The second-order valence-corrected chi connectivity index (χ2v) is 21.3. The van der Waals surface area contributed by atoms with Crippen molar-refractivity contribution in [1.29, 1.82) is 0 Å². The Morgan fingerprint density at radius 1 is 0.583 bits per heavy atom. The van der Waals surface area contributed by atoms with Crippen molar-refractivity contribution in [1.82, 2.24) is 9.55 Å². The summed E-state index contributed by atoms with van der Waals surface area (Å²) in [7, 11) is 0. The molecule has 356 valence electrons. The van der Waals surface area contributed by atoms with E-state index in [2.05, 4.69) is 148 Å². The fourth-order valence-electron chi connectivity index (χ4n) is 10.3. The summed E-state index contributed by atoms with van der Waals surface area (Å²) in [4.78, 5) is 9.79. The van der Waals surface area contributed by atoms with Crippen LogP contribution in [0, 0.1) is 5.92 Å². The molecular weight excluding hydrogens is 881 g/mol. The molecule has 0 aliphatic carbocycles. The molecule has 0 N–H and O–H groups in total. The Hall–Kier alpha value is -8.09. The van der Waals surface area contributed by atoms with E-state index in [0.717, 1.165) is 56.1 Å². The Morgan fingerprint density at radius 2 is 1.21 bits per heavy atom. The first kappa shape index (κ1) is 38.6. The number of hydrogen-bond acceptors (Lipinski definition) is 5. The molecule has 0 spiro atoms. The molecule has 6 nitrogen and oxygen atoms in total. The molecule has 6 heteroatoms. The zero-order valence-corrected chi connectivity index (χ0v) is 42.0. The first-order chi connectivity index (χ1) is 37.2. The SMILES string of the molecule is [2H]c1c([2H])c([2H])c2c(c1[2H])c1ccc3cc1n2-c1cc(C([2H])([2H])C(C)C)c(cn1)-c1ccc(cc1)Oc1ccc(cc1)-c1cc(C(C)(C)C)cc(-c2ccccc2)c1N1CN(c2ccc(C(C)(C)C)c(c2)O3)c2ccccc21. The average molecular weight is 947 g/mol. The van der Waals surface area contributed by atoms with Crippen molar-refractivity contribution in [3.8, 4) is 62.2 Å². The fourth-order valence-corrected chi connectivity index (χ4v) is 10.3. The second-order valence-electron chi connectivity index (χ2n) is 21.3. The van der Waals surface area contributed by atoms with Gasteiger partial charge in [-0.1, -0.05) is 146 Å². The Kier molecular flexibility index (Phi) is 9.31. The predicted molar refractivity (Wildman–Crippen MR) is 299 cm³/mol. The predicted octanol–water partition coefficient (Wildman–Crippen LogP) is 18.1. The highest BCUT2D eigenvalue weighted by Crippen LogP contribution is 2.52. The van der Waals surface area contributed by atoms with Crippen LogP contribution in [-0.2, 0) is 17.2 Å². The van der Waals surface area contributed by atoms with Gasteiger partial charge in [-0.05, 0) is 130 Å². The Labute approximate surface area is 432 Å². The smallest absolute Gasteiger partial charge is 0.137 e. The minimum atomic E-state index is -1.85. The minimum Gasteiger partial charge on any atom is -0.457 e. The number of ether oxygens (including phenoxy) is 2. The Balaban J connectivity index is 1.13. The summed E-state index contributed by atoms with van der Waals surface area (Å²) in [6.07, 6.45) is -0.188. The highest BCUT2D eigenvalue weighted by molar-refractivity contribution is 6.09. The zero-order valence-electron chi connectivity index (χ0n) is 48.0. The molecule has 0 fully saturated rings. The van der Waals surface area contributed by atoms with Gasteiger partial charge >= 0.3 is 0 Å². The fraction of sp³-hybridized carbons (Fsp3) is 0.197. The molecule has 0 saturated carbocycles. The lowest BCUT2D eigenvalue weighted by atomic mass is 9.82. The summed E-state index contributed by atoms with van der Waals surface area (Å²) in [6.45, 7) is 17.5. The van der Waals surface area contributed by atoms with Gasteiger partial charge in [-0.15, -0.1) is 0 Å². The summed E-state index contributed by atoms with van der Waals surface area (Å²) in [5, 5.41) is 0.905. The number of hydrogen-bond donors (Lipinski definition) is 0. The molecule has 0 radical (unpaired) electrons. The van der Waals surface area contributed by atoms with Crippen molar-refractivity contribution in [2.24, 2.45) is 5.92 Å². The van der Waals surface area contributed by atoms with Crippen LogP contribution in [0.25, 0.3) is 61.0 Å².